The lowest BCUT2D eigenvalue weighted by atomic mass is 10.1. The predicted octanol–water partition coefficient (Wildman–Crippen LogP) is 3.66. The number of anilines is 3. The van der Waals surface area contributed by atoms with Gasteiger partial charge in [-0.25, -0.2) is 0 Å². The lowest BCUT2D eigenvalue weighted by Crippen LogP contribution is -2.36. The highest BCUT2D eigenvalue weighted by Gasteiger charge is 2.13. The summed E-state index contributed by atoms with van der Waals surface area (Å²) in [6, 6.07) is 10.6. The van der Waals surface area contributed by atoms with Crippen LogP contribution in [0.1, 0.15) is 10.4 Å². The van der Waals surface area contributed by atoms with Crippen LogP contribution in [-0.2, 0) is 4.74 Å². The molecule has 1 aliphatic heterocycles. The first kappa shape index (κ1) is 16.9. The number of carbonyl (C=O) groups is 1. The zero-order valence-electron chi connectivity index (χ0n) is 12.9. The molecule has 0 aromatic heterocycles. The van der Waals surface area contributed by atoms with Crippen LogP contribution < -0.4 is 16.0 Å². The summed E-state index contributed by atoms with van der Waals surface area (Å²) in [5, 5.41) is 3.38. The van der Waals surface area contributed by atoms with E-state index >= 15 is 0 Å². The predicted molar refractivity (Wildman–Crippen MR) is 98.3 cm³/mol. The minimum absolute atomic E-state index is 0.236. The average Bonchev–Trinajstić information content (AvgIpc) is 2.60. The molecule has 1 amide bonds. The van der Waals surface area contributed by atoms with Gasteiger partial charge in [-0.15, -0.1) is 0 Å². The maximum Gasteiger partial charge on any atom is 0.255 e. The van der Waals surface area contributed by atoms with Gasteiger partial charge in [0.2, 0.25) is 0 Å². The number of nitrogens with zero attached hydrogens (tertiary/aromatic N) is 1. The molecule has 7 heteroatoms. The second-order valence-corrected chi connectivity index (χ2v) is 6.27. The molecular weight excluding hydrogens is 349 g/mol. The molecule has 0 unspecified atom stereocenters. The van der Waals surface area contributed by atoms with Crippen LogP contribution in [0.25, 0.3) is 0 Å². The summed E-state index contributed by atoms with van der Waals surface area (Å²) in [6.07, 6.45) is 0. The Morgan fingerprint density at radius 1 is 1.08 bits per heavy atom. The number of halogens is 2. The average molecular weight is 366 g/mol. The lowest BCUT2D eigenvalue weighted by molar-refractivity contribution is 0.102. The summed E-state index contributed by atoms with van der Waals surface area (Å²) in [5.41, 5.74) is 8.12. The van der Waals surface area contributed by atoms with Crippen molar-refractivity contribution in [1.29, 1.82) is 0 Å². The van der Waals surface area contributed by atoms with Gasteiger partial charge in [-0.3, -0.25) is 4.79 Å². The Hall–Kier alpha value is -1.95. The van der Waals surface area contributed by atoms with E-state index in [0.29, 0.717) is 27.0 Å². The van der Waals surface area contributed by atoms with Gasteiger partial charge in [0, 0.05) is 30.0 Å². The largest absolute Gasteiger partial charge is 0.396 e. The van der Waals surface area contributed by atoms with Crippen LogP contribution in [0.2, 0.25) is 10.0 Å². The van der Waals surface area contributed by atoms with Gasteiger partial charge in [-0.2, -0.15) is 0 Å². The highest BCUT2D eigenvalue weighted by Crippen LogP contribution is 2.31. The van der Waals surface area contributed by atoms with Crippen molar-refractivity contribution in [2.75, 3.05) is 42.3 Å². The summed E-state index contributed by atoms with van der Waals surface area (Å²) >= 11 is 12.0. The minimum Gasteiger partial charge on any atom is -0.396 e. The molecule has 2 aromatic carbocycles. The van der Waals surface area contributed by atoms with E-state index in [-0.39, 0.29) is 5.91 Å². The highest BCUT2D eigenvalue weighted by atomic mass is 35.5. The summed E-state index contributed by atoms with van der Waals surface area (Å²) < 4.78 is 5.34. The highest BCUT2D eigenvalue weighted by molar-refractivity contribution is 6.39. The fourth-order valence-corrected chi connectivity index (χ4v) is 2.99. The Kier molecular flexibility index (Phi) is 5.14. The normalized spacial score (nSPS) is 14.5. The molecule has 2 aromatic rings. The number of nitrogen functional groups attached to an aromatic ring is 1. The SMILES string of the molecule is Nc1c(Cl)cc(NC(=O)c2ccc(N3CCOCC3)cc2)cc1Cl. The zero-order chi connectivity index (χ0) is 17.1. The van der Waals surface area contributed by atoms with Crippen molar-refractivity contribution in [2.45, 2.75) is 0 Å². The van der Waals surface area contributed by atoms with Crippen molar-refractivity contribution in [1.82, 2.24) is 0 Å². The number of nitrogens with one attached hydrogen (secondary N) is 1. The topological polar surface area (TPSA) is 67.6 Å². The van der Waals surface area contributed by atoms with Gasteiger partial charge in [-0.05, 0) is 36.4 Å². The molecular formula is C17H17Cl2N3O2. The lowest BCUT2D eigenvalue weighted by Gasteiger charge is -2.28. The number of rotatable bonds is 3. The standard InChI is InChI=1S/C17H17Cl2N3O2/c18-14-9-12(10-15(19)16(14)20)21-17(23)11-1-3-13(4-2-11)22-5-7-24-8-6-22/h1-4,9-10H,5-8,20H2,(H,21,23). The summed E-state index contributed by atoms with van der Waals surface area (Å²) in [5.74, 6) is -0.236. The van der Waals surface area contributed by atoms with E-state index in [0.717, 1.165) is 32.0 Å². The third-order valence-corrected chi connectivity index (χ3v) is 4.47. The Bertz CT molecular complexity index is 721. The number of morpholine rings is 1. The maximum atomic E-state index is 12.3. The number of hydrogen-bond acceptors (Lipinski definition) is 4. The molecule has 0 aliphatic carbocycles. The monoisotopic (exact) mass is 365 g/mol. The van der Waals surface area contributed by atoms with Gasteiger partial charge in [0.25, 0.3) is 5.91 Å². The smallest absolute Gasteiger partial charge is 0.255 e. The quantitative estimate of drug-likeness (QED) is 0.814. The summed E-state index contributed by atoms with van der Waals surface area (Å²) in [6.45, 7) is 3.16. The molecule has 1 aliphatic rings. The van der Waals surface area contributed by atoms with Crippen LogP contribution in [-0.4, -0.2) is 32.2 Å². The van der Waals surface area contributed by atoms with Crippen LogP contribution in [0.3, 0.4) is 0 Å². The van der Waals surface area contributed by atoms with Gasteiger partial charge in [0.05, 0.1) is 28.9 Å². The van der Waals surface area contributed by atoms with Crippen molar-refractivity contribution >= 4 is 46.2 Å². The third-order valence-electron chi connectivity index (χ3n) is 3.84. The maximum absolute atomic E-state index is 12.3. The van der Waals surface area contributed by atoms with Crippen LogP contribution >= 0.6 is 23.2 Å². The molecule has 24 heavy (non-hydrogen) atoms. The van der Waals surface area contributed by atoms with E-state index in [1.165, 1.54) is 0 Å². The van der Waals surface area contributed by atoms with Crippen LogP contribution in [0.4, 0.5) is 17.1 Å². The molecule has 0 bridgehead atoms. The molecule has 3 N–H and O–H groups in total. The molecule has 0 saturated carbocycles. The van der Waals surface area contributed by atoms with Crippen molar-refractivity contribution in [3.63, 3.8) is 0 Å². The fraction of sp³-hybridized carbons (Fsp3) is 0.235. The van der Waals surface area contributed by atoms with Crippen molar-refractivity contribution in [2.24, 2.45) is 0 Å². The summed E-state index contributed by atoms with van der Waals surface area (Å²) in [7, 11) is 0. The second-order valence-electron chi connectivity index (χ2n) is 5.45. The molecule has 0 atom stereocenters. The van der Waals surface area contributed by atoms with E-state index < -0.39 is 0 Å². The molecule has 0 spiro atoms. The molecule has 0 radical (unpaired) electrons. The van der Waals surface area contributed by atoms with E-state index in [9.17, 15) is 4.79 Å². The molecule has 1 heterocycles. The van der Waals surface area contributed by atoms with Crippen LogP contribution in [0.15, 0.2) is 36.4 Å². The molecule has 126 valence electrons. The molecule has 5 nitrogen and oxygen atoms in total. The van der Waals surface area contributed by atoms with Gasteiger partial charge in [0.15, 0.2) is 0 Å². The van der Waals surface area contributed by atoms with Crippen LogP contribution in [0.5, 0.6) is 0 Å². The zero-order valence-corrected chi connectivity index (χ0v) is 14.4. The number of nitrogens with two attached hydrogens (primary N) is 1. The van der Waals surface area contributed by atoms with Crippen molar-refractivity contribution in [3.8, 4) is 0 Å². The Morgan fingerprint density at radius 2 is 1.67 bits per heavy atom. The number of amides is 1. The fourth-order valence-electron chi connectivity index (χ4n) is 2.50. The Morgan fingerprint density at radius 3 is 2.25 bits per heavy atom. The van der Waals surface area contributed by atoms with E-state index in [1.54, 1.807) is 24.3 Å². The third kappa shape index (κ3) is 3.75. The first-order valence-electron chi connectivity index (χ1n) is 7.53. The van der Waals surface area contributed by atoms with Gasteiger partial charge < -0.3 is 20.7 Å². The van der Waals surface area contributed by atoms with E-state index in [4.69, 9.17) is 33.7 Å². The number of ether oxygens (including phenoxy) is 1. The first-order chi connectivity index (χ1) is 11.5. The van der Waals surface area contributed by atoms with Gasteiger partial charge >= 0.3 is 0 Å². The summed E-state index contributed by atoms with van der Waals surface area (Å²) in [4.78, 5) is 14.6. The number of carbonyl (C=O) groups excluding carboxylic acids is 1. The minimum atomic E-state index is -0.236. The number of hydrogen-bond donors (Lipinski definition) is 2. The Balaban J connectivity index is 1.71. The first-order valence-corrected chi connectivity index (χ1v) is 8.29. The van der Waals surface area contributed by atoms with Gasteiger partial charge in [0.1, 0.15) is 0 Å². The van der Waals surface area contributed by atoms with Crippen molar-refractivity contribution < 1.29 is 9.53 Å². The van der Waals surface area contributed by atoms with E-state index in [2.05, 4.69) is 10.2 Å². The van der Waals surface area contributed by atoms with Gasteiger partial charge in [-0.1, -0.05) is 23.2 Å². The van der Waals surface area contributed by atoms with Crippen molar-refractivity contribution in [3.05, 3.63) is 52.0 Å². The second kappa shape index (κ2) is 7.30. The Labute approximate surface area is 150 Å². The van der Waals surface area contributed by atoms with E-state index in [1.807, 2.05) is 12.1 Å². The molecule has 3 rings (SSSR count). The van der Waals surface area contributed by atoms with Crippen LogP contribution in [0, 0.1) is 0 Å². The molecule has 1 saturated heterocycles. The molecule has 1 fully saturated rings. The number of benzene rings is 2.